The summed E-state index contributed by atoms with van der Waals surface area (Å²) in [7, 11) is 0. The second-order valence-corrected chi connectivity index (χ2v) is 6.64. The highest BCUT2D eigenvalue weighted by molar-refractivity contribution is 5.91. The van der Waals surface area contributed by atoms with Crippen LogP contribution < -0.4 is 5.32 Å². The van der Waals surface area contributed by atoms with E-state index in [0.717, 1.165) is 27.9 Å². The summed E-state index contributed by atoms with van der Waals surface area (Å²) >= 11 is 0. The highest BCUT2D eigenvalue weighted by atomic mass is 16.5. The number of amides is 1. The van der Waals surface area contributed by atoms with Crippen molar-refractivity contribution in [2.75, 3.05) is 0 Å². The molecule has 1 N–H and O–H groups in total. The maximum absolute atomic E-state index is 12.4. The topological polar surface area (TPSA) is 94.3 Å². The van der Waals surface area contributed by atoms with Gasteiger partial charge in [0, 0.05) is 23.4 Å². The predicted octanol–water partition coefficient (Wildman–Crippen LogP) is 4.05. The molecule has 3 heterocycles. The van der Waals surface area contributed by atoms with Crippen LogP contribution in [0.15, 0.2) is 50.0 Å². The molecule has 1 amide bonds. The van der Waals surface area contributed by atoms with E-state index >= 15 is 0 Å². The molecule has 0 bridgehead atoms. The number of furan rings is 2. The van der Waals surface area contributed by atoms with Gasteiger partial charge in [-0.05, 0) is 45.0 Å². The molecule has 4 aromatic rings. The first-order chi connectivity index (χ1) is 13.0. The van der Waals surface area contributed by atoms with Gasteiger partial charge in [-0.15, -0.1) is 0 Å². The lowest BCUT2D eigenvalue weighted by atomic mass is 10.1. The first kappa shape index (κ1) is 17.1. The molecule has 0 saturated carbocycles. The zero-order valence-electron chi connectivity index (χ0n) is 15.3. The largest absolute Gasteiger partial charge is 0.469 e. The van der Waals surface area contributed by atoms with Gasteiger partial charge in [0.25, 0.3) is 0 Å². The Morgan fingerprint density at radius 2 is 2.11 bits per heavy atom. The smallest absolute Gasteiger partial charge is 0.316 e. The molecule has 1 atom stereocenters. The SMILES string of the molecule is Cc1ccc2oc(-c3noc(C(=O)NC(C)Cc4ccco4)n3)c(C)c2c1. The van der Waals surface area contributed by atoms with E-state index < -0.39 is 5.91 Å². The van der Waals surface area contributed by atoms with Crippen LogP contribution in [0.5, 0.6) is 0 Å². The molecule has 4 rings (SSSR count). The highest BCUT2D eigenvalue weighted by Crippen LogP contribution is 2.31. The summed E-state index contributed by atoms with van der Waals surface area (Å²) in [6.45, 7) is 5.83. The first-order valence-corrected chi connectivity index (χ1v) is 8.68. The van der Waals surface area contributed by atoms with Gasteiger partial charge in [0.15, 0.2) is 5.76 Å². The Balaban J connectivity index is 1.53. The Morgan fingerprint density at radius 3 is 2.89 bits per heavy atom. The standard InChI is InChI=1S/C20H19N3O4/c1-11-6-7-16-15(9-11)13(3)17(26-16)18-22-20(27-23-18)19(24)21-12(2)10-14-5-4-8-25-14/h4-9,12H,10H2,1-3H3,(H,21,24). The molecule has 0 aliphatic heterocycles. The van der Waals surface area contributed by atoms with Crippen molar-refractivity contribution < 1.29 is 18.2 Å². The number of hydrogen-bond acceptors (Lipinski definition) is 6. The lowest BCUT2D eigenvalue weighted by Gasteiger charge is -2.10. The van der Waals surface area contributed by atoms with Crippen molar-refractivity contribution in [3.63, 3.8) is 0 Å². The number of aromatic nitrogens is 2. The first-order valence-electron chi connectivity index (χ1n) is 8.68. The zero-order valence-corrected chi connectivity index (χ0v) is 15.3. The van der Waals surface area contributed by atoms with Gasteiger partial charge in [-0.1, -0.05) is 16.8 Å². The van der Waals surface area contributed by atoms with Crippen LogP contribution in [0.1, 0.15) is 34.5 Å². The Kier molecular flexibility index (Phi) is 4.27. The van der Waals surface area contributed by atoms with Crippen molar-refractivity contribution in [3.8, 4) is 11.6 Å². The molecule has 0 aliphatic rings. The Morgan fingerprint density at radius 1 is 1.26 bits per heavy atom. The third-order valence-corrected chi connectivity index (χ3v) is 4.38. The quantitative estimate of drug-likeness (QED) is 0.573. The van der Waals surface area contributed by atoms with Crippen LogP contribution >= 0.6 is 0 Å². The molecule has 0 aliphatic carbocycles. The molecule has 0 spiro atoms. The molecule has 0 fully saturated rings. The molecule has 7 heteroatoms. The van der Waals surface area contributed by atoms with Crippen molar-refractivity contribution in [1.29, 1.82) is 0 Å². The number of aryl methyl sites for hydroxylation is 2. The van der Waals surface area contributed by atoms with Gasteiger partial charge in [-0.3, -0.25) is 4.79 Å². The van der Waals surface area contributed by atoms with E-state index in [1.54, 1.807) is 6.26 Å². The molecule has 0 radical (unpaired) electrons. The number of nitrogens with zero attached hydrogens (tertiary/aromatic N) is 2. The second-order valence-electron chi connectivity index (χ2n) is 6.64. The molecule has 1 unspecified atom stereocenters. The normalized spacial score (nSPS) is 12.4. The average molecular weight is 365 g/mol. The minimum absolute atomic E-state index is 0.104. The van der Waals surface area contributed by atoms with Crippen LogP contribution in [-0.4, -0.2) is 22.1 Å². The van der Waals surface area contributed by atoms with Crippen molar-refractivity contribution >= 4 is 16.9 Å². The maximum Gasteiger partial charge on any atom is 0.316 e. The summed E-state index contributed by atoms with van der Waals surface area (Å²) in [4.78, 5) is 16.6. The molecule has 1 aromatic carbocycles. The fourth-order valence-corrected chi connectivity index (χ4v) is 3.02. The fraction of sp³-hybridized carbons (Fsp3) is 0.250. The maximum atomic E-state index is 12.4. The van der Waals surface area contributed by atoms with Gasteiger partial charge in [-0.25, -0.2) is 0 Å². The van der Waals surface area contributed by atoms with Crippen LogP contribution in [0.25, 0.3) is 22.6 Å². The van der Waals surface area contributed by atoms with Crippen molar-refractivity contribution in [2.24, 2.45) is 0 Å². The van der Waals surface area contributed by atoms with Crippen molar-refractivity contribution in [1.82, 2.24) is 15.5 Å². The third-order valence-electron chi connectivity index (χ3n) is 4.38. The van der Waals surface area contributed by atoms with E-state index in [-0.39, 0.29) is 17.8 Å². The van der Waals surface area contributed by atoms with E-state index in [1.807, 2.05) is 51.1 Å². The Labute approximate surface area is 155 Å². The minimum atomic E-state index is -0.433. The summed E-state index contributed by atoms with van der Waals surface area (Å²) in [5.74, 6) is 1.01. The number of fused-ring (bicyclic) bond motifs is 1. The van der Waals surface area contributed by atoms with Crippen molar-refractivity contribution in [2.45, 2.75) is 33.2 Å². The van der Waals surface area contributed by atoms with Gasteiger partial charge >= 0.3 is 11.8 Å². The van der Waals surface area contributed by atoms with Crippen LogP contribution in [0.4, 0.5) is 0 Å². The summed E-state index contributed by atoms with van der Waals surface area (Å²) in [5, 5.41) is 7.73. The molecular formula is C20H19N3O4. The molecule has 0 saturated heterocycles. The zero-order chi connectivity index (χ0) is 19.0. The third kappa shape index (κ3) is 3.36. The average Bonchev–Trinajstić information content (AvgIpc) is 3.36. The second kappa shape index (κ2) is 6.75. The number of nitrogens with one attached hydrogen (secondary N) is 1. The summed E-state index contributed by atoms with van der Waals surface area (Å²) < 4.78 is 16.3. The molecular weight excluding hydrogens is 346 g/mol. The molecule has 27 heavy (non-hydrogen) atoms. The van der Waals surface area contributed by atoms with E-state index in [9.17, 15) is 4.79 Å². The van der Waals surface area contributed by atoms with Crippen LogP contribution in [0.3, 0.4) is 0 Å². The van der Waals surface area contributed by atoms with Gasteiger partial charge in [0.05, 0.1) is 6.26 Å². The van der Waals surface area contributed by atoms with Gasteiger partial charge in [-0.2, -0.15) is 4.98 Å². The summed E-state index contributed by atoms with van der Waals surface area (Å²) in [6.07, 6.45) is 2.17. The van der Waals surface area contributed by atoms with Gasteiger partial charge in [0.1, 0.15) is 11.3 Å². The van der Waals surface area contributed by atoms with Crippen LogP contribution in [0.2, 0.25) is 0 Å². The van der Waals surface area contributed by atoms with Crippen molar-refractivity contribution in [3.05, 3.63) is 59.4 Å². The number of hydrogen-bond donors (Lipinski definition) is 1. The van der Waals surface area contributed by atoms with E-state index in [0.29, 0.717) is 12.2 Å². The molecule has 138 valence electrons. The fourth-order valence-electron chi connectivity index (χ4n) is 3.02. The van der Waals surface area contributed by atoms with Crippen LogP contribution in [-0.2, 0) is 6.42 Å². The number of benzene rings is 1. The number of rotatable bonds is 5. The summed E-state index contributed by atoms with van der Waals surface area (Å²) in [6, 6.07) is 9.46. The lowest BCUT2D eigenvalue weighted by molar-refractivity contribution is 0.0895. The van der Waals surface area contributed by atoms with E-state index in [4.69, 9.17) is 13.4 Å². The predicted molar refractivity (Wildman–Crippen MR) is 98.3 cm³/mol. The monoisotopic (exact) mass is 365 g/mol. The van der Waals surface area contributed by atoms with Gasteiger partial charge in [0.2, 0.25) is 5.82 Å². The lowest BCUT2D eigenvalue weighted by Crippen LogP contribution is -2.34. The minimum Gasteiger partial charge on any atom is -0.469 e. The van der Waals surface area contributed by atoms with E-state index in [2.05, 4.69) is 15.5 Å². The highest BCUT2D eigenvalue weighted by Gasteiger charge is 2.22. The van der Waals surface area contributed by atoms with Gasteiger partial charge < -0.3 is 18.7 Å². The number of carbonyl (C=O) groups is 1. The van der Waals surface area contributed by atoms with Crippen LogP contribution in [0, 0.1) is 13.8 Å². The van der Waals surface area contributed by atoms with E-state index in [1.165, 1.54) is 0 Å². The molecule has 7 nitrogen and oxygen atoms in total. The number of carbonyl (C=O) groups excluding carboxylic acids is 1. The Bertz CT molecular complexity index is 1090. The summed E-state index contributed by atoms with van der Waals surface area (Å²) in [5.41, 5.74) is 2.79. The Hall–Kier alpha value is -3.35. The molecule has 3 aromatic heterocycles.